The SMILES string of the molecule is COc1ccccc1OCCNCC(O)COc1cccc2c1NC(C)(C)C(=O)N2. The third-order valence-electron chi connectivity index (χ3n) is 4.70. The zero-order chi connectivity index (χ0) is 21.6. The molecule has 0 bridgehead atoms. The molecule has 1 atom stereocenters. The van der Waals surface area contributed by atoms with Gasteiger partial charge in [-0.2, -0.15) is 0 Å². The summed E-state index contributed by atoms with van der Waals surface area (Å²) in [6.45, 7) is 5.09. The summed E-state index contributed by atoms with van der Waals surface area (Å²) < 4.78 is 16.7. The molecular weight excluding hydrogens is 386 g/mol. The van der Waals surface area contributed by atoms with Crippen LogP contribution in [0.1, 0.15) is 13.8 Å². The van der Waals surface area contributed by atoms with E-state index in [1.807, 2.05) is 30.3 Å². The molecule has 2 aromatic carbocycles. The molecule has 30 heavy (non-hydrogen) atoms. The van der Waals surface area contributed by atoms with Crippen molar-refractivity contribution >= 4 is 17.3 Å². The molecule has 0 fully saturated rings. The van der Waals surface area contributed by atoms with Crippen molar-refractivity contribution in [1.82, 2.24) is 5.32 Å². The van der Waals surface area contributed by atoms with Crippen LogP contribution in [0.5, 0.6) is 17.2 Å². The van der Waals surface area contributed by atoms with Crippen molar-refractivity contribution in [2.75, 3.05) is 44.0 Å². The second-order valence-corrected chi connectivity index (χ2v) is 7.55. The zero-order valence-corrected chi connectivity index (χ0v) is 17.5. The van der Waals surface area contributed by atoms with Crippen molar-refractivity contribution in [3.8, 4) is 17.2 Å². The molecule has 2 aromatic rings. The van der Waals surface area contributed by atoms with Gasteiger partial charge in [-0.1, -0.05) is 18.2 Å². The van der Waals surface area contributed by atoms with Crippen molar-refractivity contribution in [3.63, 3.8) is 0 Å². The maximum Gasteiger partial charge on any atom is 0.249 e. The third kappa shape index (κ3) is 5.34. The minimum absolute atomic E-state index is 0.105. The fraction of sp³-hybridized carbons (Fsp3) is 0.409. The summed E-state index contributed by atoms with van der Waals surface area (Å²) in [6, 6.07) is 12.9. The smallest absolute Gasteiger partial charge is 0.249 e. The van der Waals surface area contributed by atoms with Gasteiger partial charge in [-0.25, -0.2) is 0 Å². The highest BCUT2D eigenvalue weighted by Gasteiger charge is 2.34. The first-order valence-electron chi connectivity index (χ1n) is 9.91. The number of methoxy groups -OCH3 is 1. The first-order chi connectivity index (χ1) is 14.4. The van der Waals surface area contributed by atoms with E-state index < -0.39 is 11.6 Å². The summed E-state index contributed by atoms with van der Waals surface area (Å²) in [5.74, 6) is 1.85. The number of amides is 1. The van der Waals surface area contributed by atoms with Gasteiger partial charge in [0, 0.05) is 13.1 Å². The molecule has 0 radical (unpaired) electrons. The molecule has 8 nitrogen and oxygen atoms in total. The maximum absolute atomic E-state index is 12.1. The Hall–Kier alpha value is -2.97. The predicted octanol–water partition coefficient (Wildman–Crippen LogP) is 2.25. The Bertz CT molecular complexity index is 872. The Balaban J connectivity index is 1.42. The third-order valence-corrected chi connectivity index (χ3v) is 4.70. The zero-order valence-electron chi connectivity index (χ0n) is 17.5. The van der Waals surface area contributed by atoms with Crippen LogP contribution >= 0.6 is 0 Å². The summed E-state index contributed by atoms with van der Waals surface area (Å²) in [6.07, 6.45) is -0.696. The highest BCUT2D eigenvalue weighted by Crippen LogP contribution is 2.38. The summed E-state index contributed by atoms with van der Waals surface area (Å²) >= 11 is 0. The van der Waals surface area contributed by atoms with E-state index in [1.165, 1.54) is 0 Å². The largest absolute Gasteiger partial charge is 0.493 e. The topological polar surface area (TPSA) is 101 Å². The van der Waals surface area contributed by atoms with Gasteiger partial charge in [0.15, 0.2) is 11.5 Å². The average molecular weight is 415 g/mol. The number of benzene rings is 2. The lowest BCUT2D eigenvalue weighted by molar-refractivity contribution is -0.119. The number of para-hydroxylation sites is 3. The van der Waals surface area contributed by atoms with Gasteiger partial charge < -0.3 is 35.3 Å². The number of hydrogen-bond acceptors (Lipinski definition) is 7. The van der Waals surface area contributed by atoms with Gasteiger partial charge in [-0.3, -0.25) is 4.79 Å². The lowest BCUT2D eigenvalue weighted by atomic mass is 10.00. The van der Waals surface area contributed by atoms with E-state index in [2.05, 4.69) is 16.0 Å². The number of aliphatic hydroxyl groups is 1. The lowest BCUT2D eigenvalue weighted by Gasteiger charge is -2.33. The minimum Gasteiger partial charge on any atom is -0.493 e. The van der Waals surface area contributed by atoms with E-state index in [-0.39, 0.29) is 12.5 Å². The van der Waals surface area contributed by atoms with E-state index >= 15 is 0 Å². The quantitative estimate of drug-likeness (QED) is 0.442. The molecule has 0 saturated heterocycles. The monoisotopic (exact) mass is 415 g/mol. The second kappa shape index (κ2) is 9.69. The number of carbonyl (C=O) groups is 1. The molecule has 0 aliphatic carbocycles. The van der Waals surface area contributed by atoms with Crippen molar-refractivity contribution in [2.45, 2.75) is 25.5 Å². The normalized spacial score (nSPS) is 15.4. The second-order valence-electron chi connectivity index (χ2n) is 7.55. The first kappa shape index (κ1) is 21.7. The molecule has 3 rings (SSSR count). The Morgan fingerprint density at radius 3 is 2.57 bits per heavy atom. The van der Waals surface area contributed by atoms with Crippen molar-refractivity contribution in [1.29, 1.82) is 0 Å². The van der Waals surface area contributed by atoms with Crippen LogP contribution in [0, 0.1) is 0 Å². The first-order valence-corrected chi connectivity index (χ1v) is 9.91. The number of carbonyl (C=O) groups excluding carboxylic acids is 1. The number of aliphatic hydroxyl groups excluding tert-OH is 1. The van der Waals surface area contributed by atoms with Gasteiger partial charge in [-0.05, 0) is 38.1 Å². The van der Waals surface area contributed by atoms with Crippen LogP contribution in [0.3, 0.4) is 0 Å². The highest BCUT2D eigenvalue weighted by molar-refractivity contribution is 6.06. The van der Waals surface area contributed by atoms with Crippen molar-refractivity contribution in [3.05, 3.63) is 42.5 Å². The molecule has 0 saturated carbocycles. The average Bonchev–Trinajstić information content (AvgIpc) is 2.73. The van der Waals surface area contributed by atoms with Crippen LogP contribution in [0.15, 0.2) is 42.5 Å². The van der Waals surface area contributed by atoms with Crippen LogP contribution in [-0.2, 0) is 4.79 Å². The number of ether oxygens (including phenoxy) is 3. The van der Waals surface area contributed by atoms with Crippen LogP contribution < -0.4 is 30.2 Å². The molecule has 4 N–H and O–H groups in total. The molecule has 0 aromatic heterocycles. The molecule has 1 unspecified atom stereocenters. The molecule has 162 valence electrons. The molecule has 1 heterocycles. The number of fused-ring (bicyclic) bond motifs is 1. The van der Waals surface area contributed by atoms with Gasteiger partial charge in [0.1, 0.15) is 36.3 Å². The van der Waals surface area contributed by atoms with Crippen LogP contribution in [0.2, 0.25) is 0 Å². The molecule has 1 aliphatic rings. The molecule has 1 amide bonds. The van der Waals surface area contributed by atoms with E-state index in [4.69, 9.17) is 14.2 Å². The van der Waals surface area contributed by atoms with E-state index in [1.54, 1.807) is 33.1 Å². The Kier molecular flexibility index (Phi) is 7.02. The van der Waals surface area contributed by atoms with Gasteiger partial charge in [0.25, 0.3) is 0 Å². The standard InChI is InChI=1S/C22H29N3O5/c1-22(2)21(27)24-16-7-6-10-19(20(16)25-22)30-14-15(26)13-23-11-12-29-18-9-5-4-8-17(18)28-3/h4-10,15,23,25-26H,11-14H2,1-3H3,(H,24,27). The van der Waals surface area contributed by atoms with Crippen LogP contribution in [0.4, 0.5) is 11.4 Å². The molecule has 1 aliphatic heterocycles. The summed E-state index contributed by atoms with van der Waals surface area (Å²) in [5, 5.41) is 19.4. The Labute approximate surface area is 176 Å². The fourth-order valence-corrected chi connectivity index (χ4v) is 3.02. The highest BCUT2D eigenvalue weighted by atomic mass is 16.5. The minimum atomic E-state index is -0.742. The van der Waals surface area contributed by atoms with Crippen LogP contribution in [-0.4, -0.2) is 56.1 Å². The van der Waals surface area contributed by atoms with Crippen molar-refractivity contribution in [2.24, 2.45) is 0 Å². The van der Waals surface area contributed by atoms with E-state index in [0.717, 1.165) is 0 Å². The van der Waals surface area contributed by atoms with E-state index in [0.29, 0.717) is 48.3 Å². The van der Waals surface area contributed by atoms with E-state index in [9.17, 15) is 9.90 Å². The van der Waals surface area contributed by atoms with Gasteiger partial charge in [0.2, 0.25) is 5.91 Å². The Morgan fingerprint density at radius 1 is 1.07 bits per heavy atom. The summed E-state index contributed by atoms with van der Waals surface area (Å²) in [5.41, 5.74) is 0.638. The number of rotatable bonds is 10. The maximum atomic E-state index is 12.1. The van der Waals surface area contributed by atoms with Gasteiger partial charge >= 0.3 is 0 Å². The van der Waals surface area contributed by atoms with Crippen molar-refractivity contribution < 1.29 is 24.1 Å². The number of nitrogens with one attached hydrogen (secondary N) is 3. The van der Waals surface area contributed by atoms with Crippen LogP contribution in [0.25, 0.3) is 0 Å². The van der Waals surface area contributed by atoms with Gasteiger partial charge in [-0.15, -0.1) is 0 Å². The Morgan fingerprint density at radius 2 is 1.80 bits per heavy atom. The molecule has 0 spiro atoms. The fourth-order valence-electron chi connectivity index (χ4n) is 3.02. The molecule has 8 heteroatoms. The summed E-state index contributed by atoms with van der Waals surface area (Å²) in [7, 11) is 1.60. The van der Waals surface area contributed by atoms with Gasteiger partial charge in [0.05, 0.1) is 12.8 Å². The summed E-state index contributed by atoms with van der Waals surface area (Å²) in [4.78, 5) is 12.1. The lowest BCUT2D eigenvalue weighted by Crippen LogP contribution is -2.47. The number of anilines is 2. The number of hydrogen-bond donors (Lipinski definition) is 4. The molecular formula is C22H29N3O5. The predicted molar refractivity (Wildman–Crippen MR) is 116 cm³/mol.